The Kier molecular flexibility index (Phi) is 3.73. The number of rotatable bonds is 4. The van der Waals surface area contributed by atoms with Crippen molar-refractivity contribution >= 4 is 39.1 Å². The SMILES string of the molecule is Cc1sc2nc(SCc3nnc(C4CCC4)o3)nc(N)c2c1C. The first-order valence-electron chi connectivity index (χ1n) is 7.60. The van der Waals surface area contributed by atoms with Gasteiger partial charge in [0.05, 0.1) is 11.1 Å². The molecule has 3 heterocycles. The summed E-state index contributed by atoms with van der Waals surface area (Å²) in [5.41, 5.74) is 7.27. The van der Waals surface area contributed by atoms with Crippen LogP contribution in [-0.4, -0.2) is 20.2 Å². The summed E-state index contributed by atoms with van der Waals surface area (Å²) in [6.07, 6.45) is 3.56. The molecule has 0 amide bonds. The molecule has 1 aliphatic carbocycles. The molecule has 3 aromatic rings. The van der Waals surface area contributed by atoms with Crippen molar-refractivity contribution < 1.29 is 4.42 Å². The molecule has 23 heavy (non-hydrogen) atoms. The Balaban J connectivity index is 1.52. The predicted octanol–water partition coefficient (Wildman–Crippen LogP) is 3.83. The van der Waals surface area contributed by atoms with E-state index >= 15 is 0 Å². The molecule has 0 unspecified atom stereocenters. The van der Waals surface area contributed by atoms with Gasteiger partial charge in [-0.3, -0.25) is 0 Å². The lowest BCUT2D eigenvalue weighted by molar-refractivity contribution is 0.328. The number of nitrogen functional groups attached to an aromatic ring is 1. The zero-order valence-corrected chi connectivity index (χ0v) is 14.6. The van der Waals surface area contributed by atoms with Gasteiger partial charge in [0.25, 0.3) is 0 Å². The van der Waals surface area contributed by atoms with E-state index in [0.29, 0.717) is 28.5 Å². The summed E-state index contributed by atoms with van der Waals surface area (Å²) in [5, 5.41) is 9.88. The standard InChI is InChI=1S/C15H17N5OS2/c1-7-8(2)23-14-11(7)12(16)17-15(18-14)22-6-10-19-20-13(21-10)9-4-3-5-9/h9H,3-6H2,1-2H3,(H2,16,17,18). The summed E-state index contributed by atoms with van der Waals surface area (Å²) in [6.45, 7) is 4.13. The number of nitrogens with two attached hydrogens (primary N) is 1. The minimum Gasteiger partial charge on any atom is -0.424 e. The minimum absolute atomic E-state index is 0.460. The second kappa shape index (κ2) is 5.76. The van der Waals surface area contributed by atoms with Crippen LogP contribution in [0.3, 0.4) is 0 Å². The van der Waals surface area contributed by atoms with Gasteiger partial charge in [-0.15, -0.1) is 21.5 Å². The molecule has 0 radical (unpaired) electrons. The summed E-state index contributed by atoms with van der Waals surface area (Å²) in [5.74, 6) is 2.96. The van der Waals surface area contributed by atoms with Gasteiger partial charge in [0.1, 0.15) is 10.6 Å². The highest BCUT2D eigenvalue weighted by Crippen LogP contribution is 2.36. The normalized spacial score (nSPS) is 15.2. The lowest BCUT2D eigenvalue weighted by atomic mass is 9.85. The number of thiophene rings is 1. The summed E-state index contributed by atoms with van der Waals surface area (Å²) in [4.78, 5) is 11.2. The van der Waals surface area contributed by atoms with Crippen LogP contribution in [0, 0.1) is 13.8 Å². The Morgan fingerprint density at radius 2 is 2.09 bits per heavy atom. The number of aryl methyl sites for hydroxylation is 2. The van der Waals surface area contributed by atoms with E-state index in [0.717, 1.165) is 28.9 Å². The molecular weight excluding hydrogens is 330 g/mol. The summed E-state index contributed by atoms with van der Waals surface area (Å²) in [6, 6.07) is 0. The number of nitrogens with zero attached hydrogens (tertiary/aromatic N) is 4. The predicted molar refractivity (Wildman–Crippen MR) is 91.8 cm³/mol. The fraction of sp³-hybridized carbons (Fsp3) is 0.467. The van der Waals surface area contributed by atoms with Gasteiger partial charge in [0.15, 0.2) is 5.16 Å². The Morgan fingerprint density at radius 1 is 1.26 bits per heavy atom. The number of fused-ring (bicyclic) bond motifs is 1. The molecule has 0 spiro atoms. The third-order valence-electron chi connectivity index (χ3n) is 4.30. The third-order valence-corrected chi connectivity index (χ3v) is 6.23. The highest BCUT2D eigenvalue weighted by atomic mass is 32.2. The maximum Gasteiger partial charge on any atom is 0.226 e. The zero-order valence-electron chi connectivity index (χ0n) is 13.0. The molecule has 4 rings (SSSR count). The van der Waals surface area contributed by atoms with E-state index in [2.05, 4.69) is 34.0 Å². The Bertz CT molecular complexity index is 868. The molecule has 0 aromatic carbocycles. The summed E-state index contributed by atoms with van der Waals surface area (Å²) >= 11 is 3.13. The largest absolute Gasteiger partial charge is 0.424 e. The van der Waals surface area contributed by atoms with E-state index in [1.807, 2.05) is 0 Å². The van der Waals surface area contributed by atoms with Crippen molar-refractivity contribution in [2.75, 3.05) is 5.73 Å². The maximum atomic E-state index is 6.10. The van der Waals surface area contributed by atoms with Crippen molar-refractivity contribution in [1.82, 2.24) is 20.2 Å². The fourth-order valence-electron chi connectivity index (χ4n) is 2.60. The highest BCUT2D eigenvalue weighted by molar-refractivity contribution is 7.98. The van der Waals surface area contributed by atoms with Crippen LogP contribution in [0.25, 0.3) is 10.2 Å². The molecule has 0 saturated heterocycles. The molecule has 1 saturated carbocycles. The van der Waals surface area contributed by atoms with Gasteiger partial charge in [0, 0.05) is 10.8 Å². The minimum atomic E-state index is 0.460. The molecule has 1 aliphatic rings. The third kappa shape index (κ3) is 2.70. The van der Waals surface area contributed by atoms with Crippen molar-refractivity contribution in [3.05, 3.63) is 22.2 Å². The van der Waals surface area contributed by atoms with Crippen molar-refractivity contribution in [3.63, 3.8) is 0 Å². The van der Waals surface area contributed by atoms with Gasteiger partial charge >= 0.3 is 0 Å². The molecule has 0 aliphatic heterocycles. The van der Waals surface area contributed by atoms with Crippen LogP contribution in [-0.2, 0) is 5.75 Å². The van der Waals surface area contributed by atoms with Crippen molar-refractivity contribution in [2.45, 2.75) is 49.9 Å². The van der Waals surface area contributed by atoms with Crippen molar-refractivity contribution in [3.8, 4) is 0 Å². The smallest absolute Gasteiger partial charge is 0.226 e. The summed E-state index contributed by atoms with van der Waals surface area (Å²) in [7, 11) is 0. The van der Waals surface area contributed by atoms with Gasteiger partial charge in [-0.2, -0.15) is 0 Å². The van der Waals surface area contributed by atoms with E-state index < -0.39 is 0 Å². The van der Waals surface area contributed by atoms with Crippen LogP contribution in [0.15, 0.2) is 9.57 Å². The Labute approximate surface area is 141 Å². The van der Waals surface area contributed by atoms with Crippen molar-refractivity contribution in [1.29, 1.82) is 0 Å². The monoisotopic (exact) mass is 347 g/mol. The molecule has 2 N–H and O–H groups in total. The van der Waals surface area contributed by atoms with Gasteiger partial charge in [-0.1, -0.05) is 18.2 Å². The number of thioether (sulfide) groups is 1. The Morgan fingerprint density at radius 3 is 2.83 bits per heavy atom. The molecule has 6 nitrogen and oxygen atoms in total. The first kappa shape index (κ1) is 14.9. The van der Waals surface area contributed by atoms with Crippen LogP contribution in [0.5, 0.6) is 0 Å². The van der Waals surface area contributed by atoms with Gasteiger partial charge < -0.3 is 10.2 Å². The first-order valence-corrected chi connectivity index (χ1v) is 9.40. The van der Waals surface area contributed by atoms with Crippen molar-refractivity contribution in [2.24, 2.45) is 0 Å². The lowest BCUT2D eigenvalue weighted by Crippen LogP contribution is -2.08. The molecule has 0 atom stereocenters. The number of anilines is 1. The average Bonchev–Trinajstić information content (AvgIpc) is 3.01. The number of hydrogen-bond acceptors (Lipinski definition) is 8. The topological polar surface area (TPSA) is 90.7 Å². The van der Waals surface area contributed by atoms with Gasteiger partial charge in [-0.05, 0) is 32.3 Å². The van der Waals surface area contributed by atoms with E-state index in [1.54, 1.807) is 11.3 Å². The van der Waals surface area contributed by atoms with E-state index in [-0.39, 0.29) is 0 Å². The number of aromatic nitrogens is 4. The molecular formula is C15H17N5OS2. The Hall–Kier alpha value is -1.67. The highest BCUT2D eigenvalue weighted by Gasteiger charge is 2.25. The average molecular weight is 347 g/mol. The van der Waals surface area contributed by atoms with Crippen LogP contribution in [0.1, 0.15) is 47.4 Å². The quantitative estimate of drug-likeness (QED) is 0.566. The van der Waals surface area contributed by atoms with Gasteiger partial charge in [-0.25, -0.2) is 9.97 Å². The second-order valence-corrected chi connectivity index (χ2v) is 7.95. The van der Waals surface area contributed by atoms with Crippen LogP contribution in [0.4, 0.5) is 5.82 Å². The van der Waals surface area contributed by atoms with E-state index in [9.17, 15) is 0 Å². The van der Waals surface area contributed by atoms with Crippen LogP contribution >= 0.6 is 23.1 Å². The van der Waals surface area contributed by atoms with Crippen LogP contribution < -0.4 is 5.73 Å². The molecule has 1 fully saturated rings. The lowest BCUT2D eigenvalue weighted by Gasteiger charge is -2.20. The van der Waals surface area contributed by atoms with Crippen LogP contribution in [0.2, 0.25) is 0 Å². The summed E-state index contributed by atoms with van der Waals surface area (Å²) < 4.78 is 5.72. The number of hydrogen-bond donors (Lipinski definition) is 1. The second-order valence-electron chi connectivity index (χ2n) is 5.81. The maximum absolute atomic E-state index is 6.10. The fourth-order valence-corrected chi connectivity index (χ4v) is 4.38. The zero-order chi connectivity index (χ0) is 16.0. The van der Waals surface area contributed by atoms with Gasteiger partial charge in [0.2, 0.25) is 11.8 Å². The molecule has 8 heteroatoms. The molecule has 0 bridgehead atoms. The first-order chi connectivity index (χ1) is 11.1. The molecule has 120 valence electrons. The van der Waals surface area contributed by atoms with E-state index in [1.165, 1.54) is 28.6 Å². The molecule has 3 aromatic heterocycles. The van der Waals surface area contributed by atoms with E-state index in [4.69, 9.17) is 10.2 Å².